The number of hydrogen-bond acceptors (Lipinski definition) is 4. The molecule has 0 bridgehead atoms. The Bertz CT molecular complexity index is 738. The highest BCUT2D eigenvalue weighted by Gasteiger charge is 2.19. The van der Waals surface area contributed by atoms with E-state index < -0.39 is 0 Å². The van der Waals surface area contributed by atoms with Crippen molar-refractivity contribution in [2.45, 2.75) is 26.5 Å². The molecule has 0 radical (unpaired) electrons. The number of fused-ring (bicyclic) bond motifs is 1. The molecular formula is C17H23N3O2. The molecule has 3 N–H and O–H groups in total. The zero-order chi connectivity index (χ0) is 15.7. The third-order valence-corrected chi connectivity index (χ3v) is 4.34. The van der Waals surface area contributed by atoms with Crippen LogP contribution in [0.3, 0.4) is 0 Å². The quantitative estimate of drug-likeness (QED) is 0.896. The number of aromatic nitrogens is 1. The zero-order valence-corrected chi connectivity index (χ0v) is 13.2. The van der Waals surface area contributed by atoms with Gasteiger partial charge in [0.1, 0.15) is 0 Å². The summed E-state index contributed by atoms with van der Waals surface area (Å²) in [5.41, 5.74) is 9.79. The van der Waals surface area contributed by atoms with E-state index in [9.17, 15) is 4.79 Å². The topological polar surface area (TPSA) is 71.3 Å². The molecule has 22 heavy (non-hydrogen) atoms. The molecule has 1 fully saturated rings. The molecule has 1 aliphatic heterocycles. The van der Waals surface area contributed by atoms with Crippen molar-refractivity contribution in [3.8, 4) is 0 Å². The van der Waals surface area contributed by atoms with Crippen LogP contribution in [0.2, 0.25) is 0 Å². The van der Waals surface area contributed by atoms with E-state index in [1.54, 1.807) is 6.07 Å². The predicted molar refractivity (Wildman–Crippen MR) is 88.1 cm³/mol. The number of nitrogens with one attached hydrogen (secondary N) is 1. The molecule has 0 aliphatic carbocycles. The first-order chi connectivity index (χ1) is 10.6. The fraction of sp³-hybridized carbons (Fsp3) is 0.471. The number of hydrogen-bond donors (Lipinski definition) is 2. The molecule has 2 heterocycles. The molecule has 118 valence electrons. The predicted octanol–water partition coefficient (Wildman–Crippen LogP) is 1.30. The Hall–Kier alpha value is -1.69. The molecule has 1 atom stereocenters. The van der Waals surface area contributed by atoms with Gasteiger partial charge in [-0.2, -0.15) is 0 Å². The number of nitrogens with zero attached hydrogens (tertiary/aromatic N) is 1. The van der Waals surface area contributed by atoms with Crippen LogP contribution >= 0.6 is 0 Å². The lowest BCUT2D eigenvalue weighted by Crippen LogP contribution is -2.45. The summed E-state index contributed by atoms with van der Waals surface area (Å²) < 4.78 is 5.59. The Morgan fingerprint density at radius 3 is 2.91 bits per heavy atom. The monoisotopic (exact) mass is 301 g/mol. The van der Waals surface area contributed by atoms with Gasteiger partial charge in [0.15, 0.2) is 5.43 Å². The van der Waals surface area contributed by atoms with Crippen molar-refractivity contribution in [2.75, 3.05) is 26.2 Å². The van der Waals surface area contributed by atoms with Crippen LogP contribution in [0.15, 0.2) is 23.0 Å². The van der Waals surface area contributed by atoms with E-state index in [1.807, 2.05) is 19.9 Å². The molecule has 5 heteroatoms. The van der Waals surface area contributed by atoms with Crippen molar-refractivity contribution in [2.24, 2.45) is 5.73 Å². The molecule has 1 aromatic heterocycles. The zero-order valence-electron chi connectivity index (χ0n) is 13.2. The van der Waals surface area contributed by atoms with Crippen LogP contribution in [0.4, 0.5) is 0 Å². The second-order valence-corrected chi connectivity index (χ2v) is 6.07. The number of aryl methyl sites for hydroxylation is 2. The maximum Gasteiger partial charge on any atom is 0.189 e. The summed E-state index contributed by atoms with van der Waals surface area (Å²) in [6.45, 7) is 7.62. The van der Waals surface area contributed by atoms with Crippen LogP contribution in [0.1, 0.15) is 16.8 Å². The average Bonchev–Trinajstić information content (AvgIpc) is 2.51. The van der Waals surface area contributed by atoms with Crippen LogP contribution in [-0.4, -0.2) is 42.2 Å². The Morgan fingerprint density at radius 1 is 1.36 bits per heavy atom. The van der Waals surface area contributed by atoms with E-state index in [2.05, 4.69) is 16.0 Å². The SMILES string of the molecule is Cc1ccc(C)c2c(=O)cc(CN3CCOC(CN)C3)[nH]c12. The van der Waals surface area contributed by atoms with Gasteiger partial charge in [-0.1, -0.05) is 12.1 Å². The fourth-order valence-electron chi connectivity index (χ4n) is 3.11. The van der Waals surface area contributed by atoms with E-state index in [1.165, 1.54) is 0 Å². The van der Waals surface area contributed by atoms with Crippen LogP contribution in [0, 0.1) is 13.8 Å². The van der Waals surface area contributed by atoms with Crippen LogP contribution in [-0.2, 0) is 11.3 Å². The Kier molecular flexibility index (Phi) is 4.29. The number of ether oxygens (including phenoxy) is 1. The summed E-state index contributed by atoms with van der Waals surface area (Å²) in [6, 6.07) is 5.78. The second kappa shape index (κ2) is 6.20. The molecule has 3 rings (SSSR count). The first kappa shape index (κ1) is 15.2. The minimum Gasteiger partial charge on any atom is -0.374 e. The lowest BCUT2D eigenvalue weighted by Gasteiger charge is -2.32. The van der Waals surface area contributed by atoms with Gasteiger partial charge >= 0.3 is 0 Å². The minimum atomic E-state index is 0.0879. The third kappa shape index (κ3) is 2.92. The summed E-state index contributed by atoms with van der Waals surface area (Å²) in [7, 11) is 0. The van der Waals surface area contributed by atoms with Gasteiger partial charge in [-0.05, 0) is 25.0 Å². The van der Waals surface area contributed by atoms with E-state index in [0.29, 0.717) is 13.2 Å². The summed E-state index contributed by atoms with van der Waals surface area (Å²) in [5.74, 6) is 0. The normalized spacial score (nSPS) is 19.7. The average molecular weight is 301 g/mol. The van der Waals surface area contributed by atoms with Gasteiger partial charge in [0.2, 0.25) is 0 Å². The van der Waals surface area contributed by atoms with E-state index in [-0.39, 0.29) is 11.5 Å². The van der Waals surface area contributed by atoms with Gasteiger partial charge in [-0.25, -0.2) is 0 Å². The number of nitrogens with two attached hydrogens (primary N) is 1. The minimum absolute atomic E-state index is 0.0879. The van der Waals surface area contributed by atoms with Gasteiger partial charge in [0.25, 0.3) is 0 Å². The summed E-state index contributed by atoms with van der Waals surface area (Å²) in [5, 5.41) is 0.797. The van der Waals surface area contributed by atoms with Crippen molar-refractivity contribution < 1.29 is 4.74 Å². The third-order valence-electron chi connectivity index (χ3n) is 4.34. The van der Waals surface area contributed by atoms with Crippen molar-refractivity contribution in [3.63, 3.8) is 0 Å². The molecule has 1 saturated heterocycles. The van der Waals surface area contributed by atoms with Crippen molar-refractivity contribution >= 4 is 10.9 Å². The van der Waals surface area contributed by atoms with Crippen molar-refractivity contribution in [3.05, 3.63) is 45.2 Å². The van der Waals surface area contributed by atoms with E-state index in [0.717, 1.165) is 47.4 Å². The largest absolute Gasteiger partial charge is 0.374 e. The first-order valence-corrected chi connectivity index (χ1v) is 7.74. The number of aromatic amines is 1. The first-order valence-electron chi connectivity index (χ1n) is 7.74. The Balaban J connectivity index is 1.92. The maximum atomic E-state index is 12.5. The molecule has 5 nitrogen and oxygen atoms in total. The lowest BCUT2D eigenvalue weighted by molar-refractivity contribution is -0.0263. The molecule has 1 aromatic carbocycles. The molecule has 2 aromatic rings. The standard InChI is InChI=1S/C17H23N3O2/c1-11-3-4-12(2)17-16(11)15(21)7-13(19-17)9-20-5-6-22-14(8-18)10-20/h3-4,7,14H,5-6,8-10,18H2,1-2H3,(H,19,21). The van der Waals surface area contributed by atoms with E-state index in [4.69, 9.17) is 10.5 Å². The summed E-state index contributed by atoms with van der Waals surface area (Å²) >= 11 is 0. The van der Waals surface area contributed by atoms with Crippen molar-refractivity contribution in [1.29, 1.82) is 0 Å². The Morgan fingerprint density at radius 2 is 2.14 bits per heavy atom. The van der Waals surface area contributed by atoms with Crippen LogP contribution < -0.4 is 11.2 Å². The highest BCUT2D eigenvalue weighted by atomic mass is 16.5. The summed E-state index contributed by atoms with van der Waals surface area (Å²) in [4.78, 5) is 18.2. The smallest absolute Gasteiger partial charge is 0.189 e. The fourth-order valence-corrected chi connectivity index (χ4v) is 3.11. The van der Waals surface area contributed by atoms with Gasteiger partial charge in [0.05, 0.1) is 18.2 Å². The second-order valence-electron chi connectivity index (χ2n) is 6.07. The number of rotatable bonds is 3. The van der Waals surface area contributed by atoms with Gasteiger partial charge < -0.3 is 15.5 Å². The molecule has 1 aliphatic rings. The highest BCUT2D eigenvalue weighted by molar-refractivity contribution is 5.84. The molecule has 0 amide bonds. The van der Waals surface area contributed by atoms with Gasteiger partial charge in [0, 0.05) is 43.3 Å². The van der Waals surface area contributed by atoms with Crippen molar-refractivity contribution in [1.82, 2.24) is 9.88 Å². The number of pyridine rings is 1. The number of benzene rings is 1. The lowest BCUT2D eigenvalue weighted by atomic mass is 10.0. The number of morpholine rings is 1. The van der Waals surface area contributed by atoms with Gasteiger partial charge in [-0.15, -0.1) is 0 Å². The molecule has 0 spiro atoms. The van der Waals surface area contributed by atoms with Gasteiger partial charge in [-0.3, -0.25) is 9.69 Å². The maximum absolute atomic E-state index is 12.5. The van der Waals surface area contributed by atoms with Crippen LogP contribution in [0.25, 0.3) is 10.9 Å². The number of H-pyrrole nitrogens is 1. The summed E-state index contributed by atoms with van der Waals surface area (Å²) in [6.07, 6.45) is 0.0879. The molecular weight excluding hydrogens is 278 g/mol. The van der Waals surface area contributed by atoms with E-state index >= 15 is 0 Å². The Labute approximate surface area is 130 Å². The highest BCUT2D eigenvalue weighted by Crippen LogP contribution is 2.18. The molecule has 0 saturated carbocycles. The van der Waals surface area contributed by atoms with Crippen LogP contribution in [0.5, 0.6) is 0 Å². The molecule has 1 unspecified atom stereocenters.